The number of thioether (sulfide) groups is 1. The minimum atomic E-state index is -0.403. The first kappa shape index (κ1) is 18.5. The highest BCUT2D eigenvalue weighted by Gasteiger charge is 2.19. The molecule has 26 heavy (non-hydrogen) atoms. The summed E-state index contributed by atoms with van der Waals surface area (Å²) in [5.41, 5.74) is 2.06. The highest BCUT2D eigenvalue weighted by molar-refractivity contribution is 8.00. The van der Waals surface area contributed by atoms with Gasteiger partial charge in [-0.15, -0.1) is 0 Å². The number of hydrogen-bond donors (Lipinski definition) is 1. The number of aromatic nitrogens is 2. The zero-order valence-corrected chi connectivity index (χ0v) is 16.2. The number of benzene rings is 2. The second-order valence-electron chi connectivity index (χ2n) is 5.91. The maximum absolute atomic E-state index is 13.2. The monoisotopic (exact) mass is 387 g/mol. The van der Waals surface area contributed by atoms with Crippen molar-refractivity contribution in [2.45, 2.75) is 24.3 Å². The average Bonchev–Trinajstić information content (AvgIpc) is 2.60. The van der Waals surface area contributed by atoms with Gasteiger partial charge in [0.1, 0.15) is 0 Å². The Kier molecular flexibility index (Phi) is 5.34. The van der Waals surface area contributed by atoms with Gasteiger partial charge in [-0.1, -0.05) is 35.5 Å². The zero-order chi connectivity index (χ0) is 18.8. The van der Waals surface area contributed by atoms with Crippen LogP contribution in [0, 0.1) is 6.92 Å². The van der Waals surface area contributed by atoms with Crippen molar-refractivity contribution in [2.24, 2.45) is 0 Å². The number of rotatable bonds is 4. The molecule has 1 atom stereocenters. The molecule has 0 aliphatic rings. The summed E-state index contributed by atoms with van der Waals surface area (Å²) >= 11 is 7.29. The van der Waals surface area contributed by atoms with E-state index in [1.54, 1.807) is 36.7 Å². The minimum Gasteiger partial charge on any atom is -0.358 e. The lowest BCUT2D eigenvalue weighted by Crippen LogP contribution is -2.29. The lowest BCUT2D eigenvalue weighted by molar-refractivity contribution is -0.119. The van der Waals surface area contributed by atoms with Crippen LogP contribution in [0.4, 0.5) is 0 Å². The van der Waals surface area contributed by atoms with E-state index in [-0.39, 0.29) is 11.5 Å². The molecule has 0 spiro atoms. The van der Waals surface area contributed by atoms with Crippen LogP contribution >= 0.6 is 23.4 Å². The van der Waals surface area contributed by atoms with E-state index in [4.69, 9.17) is 11.6 Å². The molecule has 0 aliphatic carbocycles. The lowest BCUT2D eigenvalue weighted by Gasteiger charge is -2.16. The molecule has 1 unspecified atom stereocenters. The molecule has 1 amide bonds. The van der Waals surface area contributed by atoms with Crippen molar-refractivity contribution in [1.29, 1.82) is 0 Å². The molecule has 7 heteroatoms. The van der Waals surface area contributed by atoms with Crippen LogP contribution in [0.1, 0.15) is 12.5 Å². The molecule has 1 N–H and O–H groups in total. The number of nitrogens with one attached hydrogen (secondary N) is 1. The molecule has 3 aromatic rings. The van der Waals surface area contributed by atoms with Crippen LogP contribution in [0.15, 0.2) is 52.4 Å². The predicted molar refractivity (Wildman–Crippen MR) is 106 cm³/mol. The summed E-state index contributed by atoms with van der Waals surface area (Å²) in [6.07, 6.45) is 0. The fourth-order valence-corrected chi connectivity index (χ4v) is 3.78. The van der Waals surface area contributed by atoms with E-state index < -0.39 is 5.25 Å². The summed E-state index contributed by atoms with van der Waals surface area (Å²) < 4.78 is 1.55. The van der Waals surface area contributed by atoms with Gasteiger partial charge in [-0.25, -0.2) is 4.98 Å². The van der Waals surface area contributed by atoms with Crippen LogP contribution in [0.2, 0.25) is 5.02 Å². The fraction of sp³-hybridized carbons (Fsp3) is 0.211. The largest absolute Gasteiger partial charge is 0.358 e. The van der Waals surface area contributed by atoms with Gasteiger partial charge in [0.15, 0.2) is 5.16 Å². The van der Waals surface area contributed by atoms with Crippen molar-refractivity contribution < 1.29 is 4.79 Å². The summed E-state index contributed by atoms with van der Waals surface area (Å²) in [5.74, 6) is -0.133. The second kappa shape index (κ2) is 7.51. The highest BCUT2D eigenvalue weighted by Crippen LogP contribution is 2.26. The first-order chi connectivity index (χ1) is 12.4. The van der Waals surface area contributed by atoms with Crippen LogP contribution in [-0.4, -0.2) is 27.8 Å². The maximum Gasteiger partial charge on any atom is 0.266 e. The number of halogens is 1. The summed E-state index contributed by atoms with van der Waals surface area (Å²) in [7, 11) is 1.58. The van der Waals surface area contributed by atoms with Crippen LogP contribution in [0.25, 0.3) is 16.6 Å². The van der Waals surface area contributed by atoms with Gasteiger partial charge in [0.2, 0.25) is 5.91 Å². The first-order valence-electron chi connectivity index (χ1n) is 8.08. The SMILES string of the molecule is CNC(=O)C(C)Sc1nc2cc(Cl)ccc2c(=O)n1-c1cccc(C)c1. The summed E-state index contributed by atoms with van der Waals surface area (Å²) in [6.45, 7) is 3.74. The molecule has 0 bridgehead atoms. The Bertz CT molecular complexity index is 1050. The molecular formula is C19H18ClN3O2S. The second-order valence-corrected chi connectivity index (χ2v) is 7.65. The molecule has 1 heterocycles. The number of hydrogen-bond acceptors (Lipinski definition) is 4. The molecule has 0 aliphatic heterocycles. The van der Waals surface area contributed by atoms with E-state index in [0.717, 1.165) is 5.56 Å². The zero-order valence-electron chi connectivity index (χ0n) is 14.6. The van der Waals surface area contributed by atoms with E-state index in [2.05, 4.69) is 10.3 Å². The molecule has 3 rings (SSSR count). The van der Waals surface area contributed by atoms with E-state index in [0.29, 0.717) is 26.8 Å². The molecule has 1 aromatic heterocycles. The van der Waals surface area contributed by atoms with E-state index in [1.807, 2.05) is 31.2 Å². The van der Waals surface area contributed by atoms with Gasteiger partial charge < -0.3 is 5.32 Å². The number of carbonyl (C=O) groups is 1. The standard InChI is InChI=1S/C19H18ClN3O2S/c1-11-5-4-6-14(9-11)23-18(25)15-8-7-13(20)10-16(15)22-19(23)26-12(2)17(24)21-3/h4-10,12H,1-3H3,(H,21,24). The molecule has 0 saturated carbocycles. The third-order valence-corrected chi connectivity index (χ3v) is 5.25. The fourth-order valence-electron chi connectivity index (χ4n) is 2.63. The van der Waals surface area contributed by atoms with E-state index >= 15 is 0 Å². The quantitative estimate of drug-likeness (QED) is 0.549. The predicted octanol–water partition coefficient (Wildman–Crippen LogP) is 3.57. The van der Waals surface area contributed by atoms with Gasteiger partial charge in [-0.3, -0.25) is 14.2 Å². The number of fused-ring (bicyclic) bond motifs is 1. The Morgan fingerprint density at radius 3 is 2.73 bits per heavy atom. The van der Waals surface area contributed by atoms with Gasteiger partial charge in [0.05, 0.1) is 21.8 Å². The number of aryl methyl sites for hydroxylation is 1. The number of carbonyl (C=O) groups excluding carboxylic acids is 1. The molecule has 2 aromatic carbocycles. The van der Waals surface area contributed by atoms with Crippen molar-refractivity contribution >= 4 is 40.2 Å². The van der Waals surface area contributed by atoms with Crippen molar-refractivity contribution in [3.8, 4) is 5.69 Å². The van der Waals surface area contributed by atoms with E-state index in [1.165, 1.54) is 11.8 Å². The Balaban J connectivity index is 2.27. The molecular weight excluding hydrogens is 370 g/mol. The maximum atomic E-state index is 13.2. The van der Waals surface area contributed by atoms with Crippen LogP contribution < -0.4 is 10.9 Å². The Labute approximate surface area is 160 Å². The highest BCUT2D eigenvalue weighted by atomic mass is 35.5. The number of amides is 1. The topological polar surface area (TPSA) is 64.0 Å². The van der Waals surface area contributed by atoms with Gasteiger partial charge in [-0.2, -0.15) is 0 Å². The molecule has 0 saturated heterocycles. The van der Waals surface area contributed by atoms with Crippen molar-refractivity contribution in [1.82, 2.24) is 14.9 Å². The van der Waals surface area contributed by atoms with E-state index in [9.17, 15) is 9.59 Å². The van der Waals surface area contributed by atoms with Crippen molar-refractivity contribution in [2.75, 3.05) is 7.05 Å². The third kappa shape index (κ3) is 3.61. The first-order valence-corrected chi connectivity index (χ1v) is 9.34. The lowest BCUT2D eigenvalue weighted by atomic mass is 10.2. The normalized spacial score (nSPS) is 12.2. The Morgan fingerprint density at radius 1 is 1.27 bits per heavy atom. The summed E-state index contributed by atoms with van der Waals surface area (Å²) in [4.78, 5) is 29.7. The van der Waals surface area contributed by atoms with Crippen LogP contribution in [-0.2, 0) is 4.79 Å². The van der Waals surface area contributed by atoms with Crippen molar-refractivity contribution in [3.05, 3.63) is 63.4 Å². The number of nitrogens with zero attached hydrogens (tertiary/aromatic N) is 2. The van der Waals surface area contributed by atoms with Gasteiger partial charge >= 0.3 is 0 Å². The van der Waals surface area contributed by atoms with Crippen molar-refractivity contribution in [3.63, 3.8) is 0 Å². The Hall–Kier alpha value is -2.31. The Morgan fingerprint density at radius 2 is 2.04 bits per heavy atom. The summed E-state index contributed by atoms with van der Waals surface area (Å²) in [6, 6.07) is 12.6. The minimum absolute atomic E-state index is 0.133. The smallest absolute Gasteiger partial charge is 0.266 e. The van der Waals surface area contributed by atoms with Crippen LogP contribution in [0.3, 0.4) is 0 Å². The van der Waals surface area contributed by atoms with Gasteiger partial charge in [0, 0.05) is 12.1 Å². The molecule has 0 radical (unpaired) electrons. The molecule has 134 valence electrons. The summed E-state index contributed by atoms with van der Waals surface area (Å²) in [5, 5.41) is 3.65. The van der Waals surface area contributed by atoms with Crippen LogP contribution in [0.5, 0.6) is 0 Å². The van der Waals surface area contributed by atoms with Gasteiger partial charge in [0.25, 0.3) is 5.56 Å². The van der Waals surface area contributed by atoms with Gasteiger partial charge in [-0.05, 0) is 49.7 Å². The molecule has 5 nitrogen and oxygen atoms in total. The molecule has 0 fully saturated rings. The third-order valence-electron chi connectivity index (χ3n) is 3.96. The average molecular weight is 388 g/mol.